The number of hydrogen-bond donors (Lipinski definition) is 1. The van der Waals surface area contributed by atoms with E-state index >= 15 is 0 Å². The molecule has 0 aliphatic heterocycles. The summed E-state index contributed by atoms with van der Waals surface area (Å²) in [6.07, 6.45) is 7.76. The van der Waals surface area contributed by atoms with Crippen molar-refractivity contribution in [3.8, 4) is 5.88 Å². The van der Waals surface area contributed by atoms with Crippen molar-refractivity contribution in [2.45, 2.75) is 51.4 Å². The molecule has 1 aromatic carbocycles. The van der Waals surface area contributed by atoms with E-state index in [1.807, 2.05) is 42.5 Å². The molecule has 0 bridgehead atoms. The van der Waals surface area contributed by atoms with Gasteiger partial charge in [-0.3, -0.25) is 4.79 Å². The molecule has 1 aliphatic rings. The number of nitrogens with zero attached hydrogens (tertiary/aromatic N) is 1. The van der Waals surface area contributed by atoms with Crippen molar-refractivity contribution in [2.24, 2.45) is 0 Å². The second-order valence-electron chi connectivity index (χ2n) is 6.62. The van der Waals surface area contributed by atoms with Gasteiger partial charge in [-0.25, -0.2) is 4.98 Å². The van der Waals surface area contributed by atoms with E-state index in [0.29, 0.717) is 19.0 Å². The largest absolute Gasteiger partial charge is 0.473 e. The Hall–Kier alpha value is -2.40. The first kappa shape index (κ1) is 18.4. The van der Waals surface area contributed by atoms with Crippen LogP contribution in [0.1, 0.15) is 43.2 Å². The quantitative estimate of drug-likeness (QED) is 0.786. The van der Waals surface area contributed by atoms with Crippen molar-refractivity contribution in [2.75, 3.05) is 6.61 Å². The zero-order chi connectivity index (χ0) is 18.0. The number of ether oxygens (including phenoxy) is 2. The van der Waals surface area contributed by atoms with Crippen LogP contribution in [0.2, 0.25) is 0 Å². The summed E-state index contributed by atoms with van der Waals surface area (Å²) < 4.78 is 11.4. The van der Waals surface area contributed by atoms with Gasteiger partial charge < -0.3 is 14.8 Å². The van der Waals surface area contributed by atoms with E-state index < -0.39 is 0 Å². The molecule has 1 amide bonds. The van der Waals surface area contributed by atoms with E-state index in [1.165, 1.54) is 19.3 Å². The third kappa shape index (κ3) is 6.15. The number of rotatable bonds is 8. The van der Waals surface area contributed by atoms with Gasteiger partial charge in [-0.15, -0.1) is 0 Å². The van der Waals surface area contributed by atoms with Crippen LogP contribution in [0.15, 0.2) is 48.7 Å². The molecule has 0 radical (unpaired) electrons. The summed E-state index contributed by atoms with van der Waals surface area (Å²) in [5.74, 6) is 0.471. The first-order chi connectivity index (χ1) is 12.8. The Bertz CT molecular complexity index is 685. The Morgan fingerprint density at radius 1 is 1.08 bits per heavy atom. The molecule has 5 heteroatoms. The molecular weight excluding hydrogens is 328 g/mol. The molecule has 2 aromatic rings. The van der Waals surface area contributed by atoms with Crippen molar-refractivity contribution in [3.05, 3.63) is 59.8 Å². The van der Waals surface area contributed by atoms with Gasteiger partial charge in [0, 0.05) is 18.8 Å². The maximum absolute atomic E-state index is 12.0. The molecule has 26 heavy (non-hydrogen) atoms. The summed E-state index contributed by atoms with van der Waals surface area (Å²) in [6.45, 7) is 1.04. The lowest BCUT2D eigenvalue weighted by Crippen LogP contribution is -2.30. The highest BCUT2D eigenvalue weighted by atomic mass is 16.5. The van der Waals surface area contributed by atoms with Crippen LogP contribution in [-0.2, 0) is 22.7 Å². The van der Waals surface area contributed by atoms with Crippen molar-refractivity contribution < 1.29 is 14.3 Å². The maximum Gasteiger partial charge on any atom is 0.246 e. The molecule has 5 nitrogen and oxygen atoms in total. The summed E-state index contributed by atoms with van der Waals surface area (Å²) in [4.78, 5) is 16.2. The molecule has 0 saturated heterocycles. The van der Waals surface area contributed by atoms with E-state index in [-0.39, 0.29) is 18.6 Å². The lowest BCUT2D eigenvalue weighted by molar-refractivity contribution is -0.128. The average molecular weight is 354 g/mol. The van der Waals surface area contributed by atoms with Crippen molar-refractivity contribution >= 4 is 5.91 Å². The molecule has 1 aliphatic carbocycles. The molecular formula is C21H26N2O3. The maximum atomic E-state index is 12.0. The average Bonchev–Trinajstić information content (AvgIpc) is 2.71. The number of hydrogen-bond acceptors (Lipinski definition) is 4. The smallest absolute Gasteiger partial charge is 0.246 e. The Morgan fingerprint density at radius 2 is 1.88 bits per heavy atom. The highest BCUT2D eigenvalue weighted by molar-refractivity contribution is 5.77. The zero-order valence-electron chi connectivity index (χ0n) is 15.0. The van der Waals surface area contributed by atoms with Gasteiger partial charge in [0.25, 0.3) is 0 Å². The SMILES string of the molecule is O=C(COC1CCCCC1)NCc1ccnc(OCc2ccccc2)c1. The first-order valence-electron chi connectivity index (χ1n) is 9.29. The Kier molecular flexibility index (Phi) is 7.02. The van der Waals surface area contributed by atoms with Crippen molar-refractivity contribution in [3.63, 3.8) is 0 Å². The number of pyridine rings is 1. The second kappa shape index (κ2) is 9.92. The van der Waals surface area contributed by atoms with Gasteiger partial charge in [-0.2, -0.15) is 0 Å². The van der Waals surface area contributed by atoms with E-state index in [2.05, 4.69) is 10.3 Å². The number of amides is 1. The van der Waals surface area contributed by atoms with Crippen LogP contribution in [0.3, 0.4) is 0 Å². The lowest BCUT2D eigenvalue weighted by Gasteiger charge is -2.21. The highest BCUT2D eigenvalue weighted by Crippen LogP contribution is 2.20. The molecule has 1 heterocycles. The monoisotopic (exact) mass is 354 g/mol. The van der Waals surface area contributed by atoms with Gasteiger partial charge in [-0.1, -0.05) is 49.6 Å². The van der Waals surface area contributed by atoms with Gasteiger partial charge in [0.05, 0.1) is 6.10 Å². The third-order valence-electron chi connectivity index (χ3n) is 4.52. The zero-order valence-corrected chi connectivity index (χ0v) is 15.0. The Morgan fingerprint density at radius 3 is 2.69 bits per heavy atom. The minimum atomic E-state index is -0.0841. The lowest BCUT2D eigenvalue weighted by atomic mass is 9.98. The van der Waals surface area contributed by atoms with Gasteiger partial charge in [0.1, 0.15) is 13.2 Å². The standard InChI is InChI=1S/C21H26N2O3/c24-20(16-25-19-9-5-2-6-10-19)23-14-18-11-12-22-21(13-18)26-15-17-7-3-1-4-8-17/h1,3-4,7-8,11-13,19H,2,5-6,9-10,14-16H2,(H,23,24). The number of nitrogens with one attached hydrogen (secondary N) is 1. The van der Waals surface area contributed by atoms with Crippen LogP contribution >= 0.6 is 0 Å². The fourth-order valence-electron chi connectivity index (χ4n) is 3.05. The Balaban J connectivity index is 1.40. The van der Waals surface area contributed by atoms with Crippen LogP contribution in [0.25, 0.3) is 0 Å². The van der Waals surface area contributed by atoms with Crippen LogP contribution in [0.5, 0.6) is 5.88 Å². The minimum Gasteiger partial charge on any atom is -0.473 e. The summed E-state index contributed by atoms with van der Waals surface area (Å²) in [5.41, 5.74) is 2.04. The number of benzene rings is 1. The molecule has 1 saturated carbocycles. The molecule has 138 valence electrons. The summed E-state index contributed by atoms with van der Waals surface area (Å²) in [7, 11) is 0. The van der Waals surface area contributed by atoms with Gasteiger partial charge in [0.2, 0.25) is 11.8 Å². The molecule has 1 fully saturated rings. The van der Waals surface area contributed by atoms with E-state index in [1.54, 1.807) is 6.20 Å². The predicted molar refractivity (Wildman–Crippen MR) is 99.7 cm³/mol. The van der Waals surface area contributed by atoms with Crippen LogP contribution in [-0.4, -0.2) is 23.6 Å². The predicted octanol–water partition coefficient (Wildman–Crippen LogP) is 3.63. The minimum absolute atomic E-state index is 0.0841. The van der Waals surface area contributed by atoms with Crippen molar-refractivity contribution in [1.29, 1.82) is 0 Å². The van der Waals surface area contributed by atoms with E-state index in [9.17, 15) is 4.79 Å². The molecule has 0 spiro atoms. The van der Waals surface area contributed by atoms with Crippen LogP contribution < -0.4 is 10.1 Å². The third-order valence-corrected chi connectivity index (χ3v) is 4.52. The first-order valence-corrected chi connectivity index (χ1v) is 9.29. The van der Waals surface area contributed by atoms with Crippen LogP contribution in [0.4, 0.5) is 0 Å². The Labute approximate surface area is 154 Å². The highest BCUT2D eigenvalue weighted by Gasteiger charge is 2.15. The summed E-state index contributed by atoms with van der Waals surface area (Å²) in [6, 6.07) is 13.7. The molecule has 1 aromatic heterocycles. The summed E-state index contributed by atoms with van der Waals surface area (Å²) >= 11 is 0. The van der Waals surface area contributed by atoms with E-state index in [0.717, 1.165) is 24.0 Å². The number of carbonyl (C=O) groups is 1. The number of carbonyl (C=O) groups excluding carboxylic acids is 1. The van der Waals surface area contributed by atoms with Gasteiger partial charge in [-0.05, 0) is 30.0 Å². The summed E-state index contributed by atoms with van der Waals surface area (Å²) in [5, 5.41) is 2.89. The fourth-order valence-corrected chi connectivity index (χ4v) is 3.05. The molecule has 0 unspecified atom stereocenters. The molecule has 3 rings (SSSR count). The van der Waals surface area contributed by atoms with Crippen molar-refractivity contribution in [1.82, 2.24) is 10.3 Å². The second-order valence-corrected chi connectivity index (χ2v) is 6.62. The molecule has 0 atom stereocenters. The normalized spacial score (nSPS) is 14.8. The fraction of sp³-hybridized carbons (Fsp3) is 0.429. The molecule has 1 N–H and O–H groups in total. The number of aromatic nitrogens is 1. The van der Waals surface area contributed by atoms with Crippen LogP contribution in [0, 0.1) is 0 Å². The van der Waals surface area contributed by atoms with Gasteiger partial charge in [0.15, 0.2) is 0 Å². The van der Waals surface area contributed by atoms with E-state index in [4.69, 9.17) is 9.47 Å². The topological polar surface area (TPSA) is 60.5 Å². The van der Waals surface area contributed by atoms with Gasteiger partial charge >= 0.3 is 0 Å².